The summed E-state index contributed by atoms with van der Waals surface area (Å²) in [4.78, 5) is 11.4. The fourth-order valence-corrected chi connectivity index (χ4v) is 1.83. The fraction of sp³-hybridized carbons (Fsp3) is 0.438. The van der Waals surface area contributed by atoms with E-state index in [0.717, 1.165) is 17.9 Å². The van der Waals surface area contributed by atoms with E-state index in [1.165, 1.54) is 7.11 Å². The highest BCUT2D eigenvalue weighted by Crippen LogP contribution is 2.13. The van der Waals surface area contributed by atoms with E-state index in [2.05, 4.69) is 5.32 Å². The molecule has 0 aromatic heterocycles. The smallest absolute Gasteiger partial charge is 0.333 e. The molecule has 20 heavy (non-hydrogen) atoms. The fourth-order valence-electron chi connectivity index (χ4n) is 1.83. The maximum atomic E-state index is 11.4. The first-order valence-corrected chi connectivity index (χ1v) is 6.91. The van der Waals surface area contributed by atoms with Crippen molar-refractivity contribution in [1.29, 1.82) is 0 Å². The Bertz CT molecular complexity index is 455. The minimum atomic E-state index is -0.257. The lowest BCUT2D eigenvalue weighted by Crippen LogP contribution is -2.15. The molecule has 1 aromatic carbocycles. The van der Waals surface area contributed by atoms with Crippen LogP contribution in [0.25, 0.3) is 0 Å². The molecule has 0 radical (unpaired) electrons. The zero-order valence-corrected chi connectivity index (χ0v) is 12.4. The van der Waals surface area contributed by atoms with Gasteiger partial charge < -0.3 is 14.8 Å². The van der Waals surface area contributed by atoms with Crippen LogP contribution in [0.2, 0.25) is 0 Å². The highest BCUT2D eigenvalue weighted by Gasteiger charge is 2.05. The molecular formula is C16H23NO3. The summed E-state index contributed by atoms with van der Waals surface area (Å²) >= 11 is 0. The van der Waals surface area contributed by atoms with E-state index in [9.17, 15) is 4.79 Å². The molecule has 0 amide bonds. The van der Waals surface area contributed by atoms with Gasteiger partial charge in [-0.25, -0.2) is 4.79 Å². The molecule has 4 heteroatoms. The Labute approximate surface area is 120 Å². The van der Waals surface area contributed by atoms with Crippen molar-refractivity contribution in [1.82, 2.24) is 5.32 Å². The van der Waals surface area contributed by atoms with Crippen molar-refractivity contribution in [2.45, 2.75) is 26.8 Å². The van der Waals surface area contributed by atoms with Gasteiger partial charge in [-0.05, 0) is 31.0 Å². The summed E-state index contributed by atoms with van der Waals surface area (Å²) in [6, 6.07) is 7.98. The van der Waals surface area contributed by atoms with Crippen molar-refractivity contribution in [2.75, 3.05) is 20.3 Å². The minimum Gasteiger partial charge on any atom is -0.494 e. The predicted octanol–water partition coefficient (Wildman–Crippen LogP) is 2.68. The van der Waals surface area contributed by atoms with E-state index in [-0.39, 0.29) is 5.97 Å². The number of rotatable bonds is 8. The van der Waals surface area contributed by atoms with Gasteiger partial charge in [-0.1, -0.05) is 25.1 Å². The van der Waals surface area contributed by atoms with Crippen molar-refractivity contribution in [2.24, 2.45) is 0 Å². The third kappa shape index (κ3) is 5.45. The van der Waals surface area contributed by atoms with Gasteiger partial charge in [-0.2, -0.15) is 0 Å². The number of benzene rings is 1. The summed E-state index contributed by atoms with van der Waals surface area (Å²) in [5, 5.41) is 3.28. The summed E-state index contributed by atoms with van der Waals surface area (Å²) in [6.45, 7) is 5.94. The maximum Gasteiger partial charge on any atom is 0.333 e. The van der Waals surface area contributed by atoms with Crippen LogP contribution in [0.5, 0.6) is 5.75 Å². The van der Waals surface area contributed by atoms with E-state index in [4.69, 9.17) is 9.47 Å². The average molecular weight is 277 g/mol. The second-order valence-electron chi connectivity index (χ2n) is 4.29. The summed E-state index contributed by atoms with van der Waals surface area (Å²) < 4.78 is 10.2. The van der Waals surface area contributed by atoms with E-state index in [1.54, 1.807) is 0 Å². The van der Waals surface area contributed by atoms with Gasteiger partial charge in [-0.3, -0.25) is 0 Å². The van der Waals surface area contributed by atoms with Gasteiger partial charge in [0.15, 0.2) is 0 Å². The monoisotopic (exact) mass is 277 g/mol. The van der Waals surface area contributed by atoms with Gasteiger partial charge in [0.1, 0.15) is 5.75 Å². The molecule has 0 atom stereocenters. The SMILES string of the molecule is CCOc1cccc(CNC/C=C(/CC)C(=O)OC)c1. The number of carbonyl (C=O) groups excluding carboxylic acids is 1. The summed E-state index contributed by atoms with van der Waals surface area (Å²) in [5.74, 6) is 0.624. The molecule has 110 valence electrons. The Morgan fingerprint density at radius 1 is 1.35 bits per heavy atom. The second kappa shape index (κ2) is 9.15. The van der Waals surface area contributed by atoms with Gasteiger partial charge in [0.25, 0.3) is 0 Å². The number of carbonyl (C=O) groups is 1. The summed E-state index contributed by atoms with van der Waals surface area (Å²) in [6.07, 6.45) is 2.55. The van der Waals surface area contributed by atoms with Crippen LogP contribution in [0.15, 0.2) is 35.9 Å². The van der Waals surface area contributed by atoms with Crippen molar-refractivity contribution < 1.29 is 14.3 Å². The molecule has 0 aliphatic carbocycles. The number of nitrogens with one attached hydrogen (secondary N) is 1. The predicted molar refractivity (Wildman–Crippen MR) is 79.7 cm³/mol. The lowest BCUT2D eigenvalue weighted by atomic mass is 10.2. The van der Waals surface area contributed by atoms with Crippen LogP contribution in [-0.4, -0.2) is 26.2 Å². The number of ether oxygens (including phenoxy) is 2. The lowest BCUT2D eigenvalue weighted by Gasteiger charge is -2.07. The molecule has 0 bridgehead atoms. The average Bonchev–Trinajstić information content (AvgIpc) is 2.47. The molecule has 1 rings (SSSR count). The number of hydrogen-bond donors (Lipinski definition) is 1. The number of methoxy groups -OCH3 is 1. The van der Waals surface area contributed by atoms with Gasteiger partial charge in [0.2, 0.25) is 0 Å². The number of hydrogen-bond acceptors (Lipinski definition) is 4. The van der Waals surface area contributed by atoms with E-state index >= 15 is 0 Å². The van der Waals surface area contributed by atoms with Gasteiger partial charge in [0.05, 0.1) is 13.7 Å². The zero-order valence-electron chi connectivity index (χ0n) is 12.4. The van der Waals surface area contributed by atoms with Crippen molar-refractivity contribution in [3.63, 3.8) is 0 Å². The normalized spacial score (nSPS) is 11.2. The van der Waals surface area contributed by atoms with Crippen LogP contribution < -0.4 is 10.1 Å². The molecule has 4 nitrogen and oxygen atoms in total. The van der Waals surface area contributed by atoms with E-state index in [0.29, 0.717) is 25.1 Å². The molecule has 0 saturated heterocycles. The summed E-state index contributed by atoms with van der Waals surface area (Å²) in [5.41, 5.74) is 1.85. The molecule has 1 N–H and O–H groups in total. The lowest BCUT2D eigenvalue weighted by molar-refractivity contribution is -0.136. The van der Waals surface area contributed by atoms with Gasteiger partial charge >= 0.3 is 5.97 Å². The van der Waals surface area contributed by atoms with Crippen LogP contribution in [-0.2, 0) is 16.1 Å². The molecule has 0 aliphatic rings. The third-order valence-electron chi connectivity index (χ3n) is 2.86. The Kier molecular flexibility index (Phi) is 7.43. The molecular weight excluding hydrogens is 254 g/mol. The Morgan fingerprint density at radius 2 is 2.15 bits per heavy atom. The topological polar surface area (TPSA) is 47.6 Å². The van der Waals surface area contributed by atoms with Crippen LogP contribution in [0.1, 0.15) is 25.8 Å². The quantitative estimate of drug-likeness (QED) is 0.451. The molecule has 0 saturated carbocycles. The first-order valence-electron chi connectivity index (χ1n) is 6.91. The molecule has 0 spiro atoms. The first-order chi connectivity index (χ1) is 9.71. The molecule has 0 aliphatic heterocycles. The zero-order chi connectivity index (χ0) is 14.8. The van der Waals surface area contributed by atoms with Crippen LogP contribution in [0, 0.1) is 0 Å². The number of esters is 1. The van der Waals surface area contributed by atoms with Crippen LogP contribution in [0.4, 0.5) is 0 Å². The second-order valence-corrected chi connectivity index (χ2v) is 4.29. The van der Waals surface area contributed by atoms with Crippen molar-refractivity contribution in [3.05, 3.63) is 41.5 Å². The minimum absolute atomic E-state index is 0.257. The van der Waals surface area contributed by atoms with Crippen LogP contribution >= 0.6 is 0 Å². The standard InChI is InChI=1S/C16H23NO3/c1-4-14(16(18)19-3)9-10-17-12-13-7-6-8-15(11-13)20-5-2/h6-9,11,17H,4-5,10,12H2,1-3H3/b14-9-. The highest BCUT2D eigenvalue weighted by atomic mass is 16.5. The Morgan fingerprint density at radius 3 is 2.80 bits per heavy atom. The largest absolute Gasteiger partial charge is 0.494 e. The molecule has 0 fully saturated rings. The van der Waals surface area contributed by atoms with Gasteiger partial charge in [0, 0.05) is 18.7 Å². The molecule has 1 aromatic rings. The molecule has 0 unspecified atom stereocenters. The van der Waals surface area contributed by atoms with Crippen LogP contribution in [0.3, 0.4) is 0 Å². The Hall–Kier alpha value is -1.81. The summed E-state index contributed by atoms with van der Waals surface area (Å²) in [7, 11) is 1.40. The van der Waals surface area contributed by atoms with Gasteiger partial charge in [-0.15, -0.1) is 0 Å². The van der Waals surface area contributed by atoms with Crippen molar-refractivity contribution >= 4 is 5.97 Å². The maximum absolute atomic E-state index is 11.4. The van der Waals surface area contributed by atoms with E-state index in [1.807, 2.05) is 44.2 Å². The third-order valence-corrected chi connectivity index (χ3v) is 2.86. The first kappa shape index (κ1) is 16.2. The highest BCUT2D eigenvalue weighted by molar-refractivity contribution is 5.88. The van der Waals surface area contributed by atoms with E-state index < -0.39 is 0 Å². The van der Waals surface area contributed by atoms with Crippen molar-refractivity contribution in [3.8, 4) is 5.75 Å². The Balaban J connectivity index is 2.45. The molecule has 0 heterocycles.